The third-order valence-electron chi connectivity index (χ3n) is 2.48. The summed E-state index contributed by atoms with van der Waals surface area (Å²) in [6.45, 7) is 0. The molecule has 1 rings (SSSR count). The molecule has 4 heteroatoms. The van der Waals surface area contributed by atoms with Gasteiger partial charge in [-0.2, -0.15) is 0 Å². The molecule has 0 aromatic heterocycles. The Bertz CT molecular complexity index is 178. The molecule has 0 aromatic carbocycles. The first-order valence-electron chi connectivity index (χ1n) is 4.17. The zero-order valence-corrected chi connectivity index (χ0v) is 7.67. The summed E-state index contributed by atoms with van der Waals surface area (Å²) in [6, 6.07) is 0. The van der Waals surface area contributed by atoms with Crippen LogP contribution in [0, 0.1) is 0 Å². The van der Waals surface area contributed by atoms with Gasteiger partial charge in [0, 0.05) is 19.0 Å². The molecule has 1 amide bonds. The summed E-state index contributed by atoms with van der Waals surface area (Å²) in [5.74, 6) is -0.0419. The predicted octanol–water partition coefficient (Wildman–Crippen LogP) is 0.278. The number of rotatable bonds is 3. The van der Waals surface area contributed by atoms with Crippen molar-refractivity contribution in [2.75, 3.05) is 14.2 Å². The summed E-state index contributed by atoms with van der Waals surface area (Å²) < 4.78 is 0. The minimum absolute atomic E-state index is 0.0419. The van der Waals surface area contributed by atoms with Crippen LogP contribution in [0.25, 0.3) is 0 Å². The third kappa shape index (κ3) is 1.95. The minimum Gasteiger partial charge on any atom is -0.325 e. The standard InChI is InChI=1S/C8H16N2O2/c1-10(12-2)7(11)6-8(9)4-3-5-8/h3-6,9H2,1-2H3. The third-order valence-corrected chi connectivity index (χ3v) is 2.48. The van der Waals surface area contributed by atoms with Crippen molar-refractivity contribution in [3.63, 3.8) is 0 Å². The van der Waals surface area contributed by atoms with Crippen LogP contribution in [0.1, 0.15) is 25.7 Å². The fraction of sp³-hybridized carbons (Fsp3) is 0.875. The van der Waals surface area contributed by atoms with Crippen LogP contribution in [0.4, 0.5) is 0 Å². The maximum atomic E-state index is 11.3. The average Bonchev–Trinajstić information content (AvgIpc) is 2.00. The van der Waals surface area contributed by atoms with E-state index in [4.69, 9.17) is 10.6 Å². The second-order valence-corrected chi connectivity index (χ2v) is 3.47. The van der Waals surface area contributed by atoms with E-state index in [0.717, 1.165) is 19.3 Å². The molecule has 1 saturated carbocycles. The molecule has 1 aliphatic carbocycles. The number of nitrogens with two attached hydrogens (primary N) is 1. The largest absolute Gasteiger partial charge is 0.325 e. The van der Waals surface area contributed by atoms with Crippen molar-refractivity contribution < 1.29 is 9.63 Å². The first-order valence-corrected chi connectivity index (χ1v) is 4.17. The van der Waals surface area contributed by atoms with E-state index in [1.54, 1.807) is 7.05 Å². The van der Waals surface area contributed by atoms with Crippen LogP contribution in [0.5, 0.6) is 0 Å². The van der Waals surface area contributed by atoms with Crippen LogP contribution in [-0.2, 0) is 9.63 Å². The van der Waals surface area contributed by atoms with Gasteiger partial charge < -0.3 is 5.73 Å². The lowest BCUT2D eigenvalue weighted by molar-refractivity contribution is -0.170. The van der Waals surface area contributed by atoms with Crippen LogP contribution in [0.15, 0.2) is 0 Å². The molecule has 70 valence electrons. The molecule has 0 radical (unpaired) electrons. The van der Waals surface area contributed by atoms with E-state index < -0.39 is 0 Å². The normalized spacial score (nSPS) is 19.9. The molecule has 2 N–H and O–H groups in total. The van der Waals surface area contributed by atoms with Crippen LogP contribution in [-0.4, -0.2) is 30.7 Å². The molecule has 1 aliphatic rings. The molecule has 0 heterocycles. The Balaban J connectivity index is 2.35. The Morgan fingerprint density at radius 3 is 2.58 bits per heavy atom. The topological polar surface area (TPSA) is 55.6 Å². The molecule has 0 atom stereocenters. The van der Waals surface area contributed by atoms with Crippen molar-refractivity contribution in [3.8, 4) is 0 Å². The molecular weight excluding hydrogens is 156 g/mol. The summed E-state index contributed by atoms with van der Waals surface area (Å²) in [5, 5.41) is 1.23. The van der Waals surface area contributed by atoms with Crippen molar-refractivity contribution in [1.82, 2.24) is 5.06 Å². The highest BCUT2D eigenvalue weighted by Crippen LogP contribution is 2.32. The van der Waals surface area contributed by atoms with Gasteiger partial charge in [-0.05, 0) is 19.3 Å². The zero-order chi connectivity index (χ0) is 9.19. The fourth-order valence-corrected chi connectivity index (χ4v) is 1.32. The molecule has 4 nitrogen and oxygen atoms in total. The van der Waals surface area contributed by atoms with Crippen LogP contribution >= 0.6 is 0 Å². The van der Waals surface area contributed by atoms with Crippen molar-refractivity contribution in [3.05, 3.63) is 0 Å². The van der Waals surface area contributed by atoms with Gasteiger partial charge in [0.15, 0.2) is 0 Å². The summed E-state index contributed by atoms with van der Waals surface area (Å²) in [5.41, 5.74) is 5.65. The molecule has 0 saturated heterocycles. The van der Waals surface area contributed by atoms with Gasteiger partial charge >= 0.3 is 0 Å². The van der Waals surface area contributed by atoms with Gasteiger partial charge in [-0.25, -0.2) is 5.06 Å². The SMILES string of the molecule is CON(C)C(=O)CC1(N)CCC1. The Kier molecular flexibility index (Phi) is 2.69. The van der Waals surface area contributed by atoms with Crippen LogP contribution in [0.3, 0.4) is 0 Å². The highest BCUT2D eigenvalue weighted by Gasteiger charge is 2.35. The summed E-state index contributed by atoms with van der Waals surface area (Å²) in [7, 11) is 3.08. The van der Waals surface area contributed by atoms with Crippen molar-refractivity contribution >= 4 is 5.91 Å². The highest BCUT2D eigenvalue weighted by atomic mass is 16.7. The van der Waals surface area contributed by atoms with Gasteiger partial charge in [0.2, 0.25) is 5.91 Å². The fourth-order valence-electron chi connectivity index (χ4n) is 1.32. The van der Waals surface area contributed by atoms with E-state index in [1.165, 1.54) is 12.2 Å². The van der Waals surface area contributed by atoms with E-state index >= 15 is 0 Å². The first kappa shape index (κ1) is 9.48. The second kappa shape index (κ2) is 3.41. The number of carbonyl (C=O) groups is 1. The first-order chi connectivity index (χ1) is 5.57. The molecule has 12 heavy (non-hydrogen) atoms. The van der Waals surface area contributed by atoms with Crippen LogP contribution < -0.4 is 5.73 Å². The average molecular weight is 172 g/mol. The Labute approximate surface area is 72.6 Å². The van der Waals surface area contributed by atoms with Crippen LogP contribution in [0.2, 0.25) is 0 Å². The number of hydroxylamine groups is 2. The van der Waals surface area contributed by atoms with E-state index in [2.05, 4.69) is 0 Å². The van der Waals surface area contributed by atoms with E-state index in [9.17, 15) is 4.79 Å². The van der Waals surface area contributed by atoms with Gasteiger partial charge in [0.25, 0.3) is 0 Å². The summed E-state index contributed by atoms with van der Waals surface area (Å²) in [6.07, 6.45) is 3.45. The molecule has 1 fully saturated rings. The van der Waals surface area contributed by atoms with Gasteiger partial charge in [0.05, 0.1) is 7.11 Å². The molecule has 0 aromatic rings. The number of hydrogen-bond donors (Lipinski definition) is 1. The number of nitrogens with zero attached hydrogens (tertiary/aromatic N) is 1. The van der Waals surface area contributed by atoms with Crippen molar-refractivity contribution in [1.29, 1.82) is 0 Å². The minimum atomic E-state index is -0.246. The lowest BCUT2D eigenvalue weighted by atomic mass is 9.75. The lowest BCUT2D eigenvalue weighted by Gasteiger charge is -2.38. The predicted molar refractivity (Wildman–Crippen MR) is 45.2 cm³/mol. The maximum Gasteiger partial charge on any atom is 0.247 e. The summed E-state index contributed by atoms with van der Waals surface area (Å²) >= 11 is 0. The molecule has 0 bridgehead atoms. The summed E-state index contributed by atoms with van der Waals surface area (Å²) in [4.78, 5) is 16.1. The monoisotopic (exact) mass is 172 g/mol. The van der Waals surface area contributed by atoms with Crippen molar-refractivity contribution in [2.45, 2.75) is 31.2 Å². The van der Waals surface area contributed by atoms with Gasteiger partial charge in [-0.1, -0.05) is 0 Å². The molecule has 0 aliphatic heterocycles. The second-order valence-electron chi connectivity index (χ2n) is 3.47. The molecule has 0 unspecified atom stereocenters. The number of carbonyl (C=O) groups excluding carboxylic acids is 1. The van der Waals surface area contributed by atoms with E-state index in [-0.39, 0.29) is 11.4 Å². The molecular formula is C8H16N2O2. The number of hydrogen-bond acceptors (Lipinski definition) is 3. The Morgan fingerprint density at radius 1 is 1.67 bits per heavy atom. The Hall–Kier alpha value is -0.610. The Morgan fingerprint density at radius 2 is 2.25 bits per heavy atom. The smallest absolute Gasteiger partial charge is 0.247 e. The molecule has 0 spiro atoms. The highest BCUT2D eigenvalue weighted by molar-refractivity contribution is 5.76. The van der Waals surface area contributed by atoms with Gasteiger partial charge in [-0.3, -0.25) is 9.63 Å². The van der Waals surface area contributed by atoms with Gasteiger partial charge in [0.1, 0.15) is 0 Å². The zero-order valence-electron chi connectivity index (χ0n) is 7.67. The van der Waals surface area contributed by atoms with E-state index in [0.29, 0.717) is 6.42 Å². The van der Waals surface area contributed by atoms with Gasteiger partial charge in [-0.15, -0.1) is 0 Å². The quantitative estimate of drug-likeness (QED) is 0.622. The number of amides is 1. The lowest BCUT2D eigenvalue weighted by Crippen LogP contribution is -2.50. The van der Waals surface area contributed by atoms with E-state index in [1.807, 2.05) is 0 Å². The maximum absolute atomic E-state index is 11.3. The van der Waals surface area contributed by atoms with Crippen molar-refractivity contribution in [2.24, 2.45) is 5.73 Å².